The predicted octanol–water partition coefficient (Wildman–Crippen LogP) is 6.82. The fourth-order valence-corrected chi connectivity index (χ4v) is 4.56. The lowest BCUT2D eigenvalue weighted by Crippen LogP contribution is -2.00. The second-order valence-corrected chi connectivity index (χ2v) is 8.63. The van der Waals surface area contributed by atoms with Crippen molar-refractivity contribution in [1.82, 2.24) is 0 Å². The van der Waals surface area contributed by atoms with Crippen molar-refractivity contribution in [1.29, 1.82) is 0 Å². The molecule has 0 saturated heterocycles. The summed E-state index contributed by atoms with van der Waals surface area (Å²) >= 11 is 5.07. The molecule has 0 aliphatic rings. The molecule has 6 heteroatoms. The van der Waals surface area contributed by atoms with Crippen LogP contribution in [0.3, 0.4) is 0 Å². The van der Waals surface area contributed by atoms with Crippen molar-refractivity contribution >= 4 is 43.3 Å². The molecule has 146 valence electrons. The second kappa shape index (κ2) is 8.68. The molecule has 1 heterocycles. The summed E-state index contributed by atoms with van der Waals surface area (Å²) in [5.41, 5.74) is 1.63. The van der Waals surface area contributed by atoms with Crippen LogP contribution in [-0.2, 0) is 11.3 Å². The Labute approximate surface area is 180 Å². The molecule has 0 N–H and O–H groups in total. The molecule has 0 fully saturated rings. The van der Waals surface area contributed by atoms with E-state index in [2.05, 4.69) is 15.9 Å². The van der Waals surface area contributed by atoms with Gasteiger partial charge in [0.25, 0.3) is 0 Å². The van der Waals surface area contributed by atoms with E-state index in [1.807, 2.05) is 66.7 Å². The minimum atomic E-state index is -0.356. The Bertz CT molecular complexity index is 1140. The predicted molar refractivity (Wildman–Crippen MR) is 118 cm³/mol. The second-order valence-electron chi connectivity index (χ2n) is 6.26. The Hall–Kier alpha value is -2.83. The number of halogens is 1. The van der Waals surface area contributed by atoms with Gasteiger partial charge in [-0.2, -0.15) is 0 Å². The summed E-state index contributed by atoms with van der Waals surface area (Å²) in [6, 6.07) is 23.0. The van der Waals surface area contributed by atoms with Crippen molar-refractivity contribution < 1.29 is 19.0 Å². The molecule has 4 rings (SSSR count). The number of carbonyl (C=O) groups excluding carboxylic acids is 1. The van der Waals surface area contributed by atoms with Crippen LogP contribution in [0.1, 0.15) is 15.9 Å². The van der Waals surface area contributed by atoms with E-state index in [0.717, 1.165) is 30.9 Å². The SMILES string of the molecule is COC(=O)c1ccc2c(Oc3ccc(OCc4ccccc4)cc3)c(Br)sc2c1. The van der Waals surface area contributed by atoms with Crippen LogP contribution in [0, 0.1) is 0 Å². The van der Waals surface area contributed by atoms with Gasteiger partial charge < -0.3 is 14.2 Å². The molecule has 0 radical (unpaired) electrons. The maximum Gasteiger partial charge on any atom is 0.337 e. The van der Waals surface area contributed by atoms with Crippen molar-refractivity contribution in [3.8, 4) is 17.2 Å². The number of hydrogen-bond donors (Lipinski definition) is 0. The van der Waals surface area contributed by atoms with Gasteiger partial charge in [0, 0.05) is 10.1 Å². The maximum absolute atomic E-state index is 11.7. The van der Waals surface area contributed by atoms with E-state index >= 15 is 0 Å². The summed E-state index contributed by atoms with van der Waals surface area (Å²) in [6.07, 6.45) is 0. The van der Waals surface area contributed by atoms with Crippen LogP contribution in [0.25, 0.3) is 10.1 Å². The van der Waals surface area contributed by atoms with Crippen LogP contribution in [0.15, 0.2) is 76.6 Å². The summed E-state index contributed by atoms with van der Waals surface area (Å²) in [5.74, 6) is 1.84. The molecule has 0 bridgehead atoms. The standard InChI is InChI=1S/C23H17BrO4S/c1-26-23(25)16-7-12-19-20(13-16)29-22(24)21(19)28-18-10-8-17(9-11-18)27-14-15-5-3-2-4-6-15/h2-13H,14H2,1H3. The fourth-order valence-electron chi connectivity index (χ4n) is 2.85. The first-order chi connectivity index (χ1) is 14.1. The van der Waals surface area contributed by atoms with E-state index < -0.39 is 0 Å². The summed E-state index contributed by atoms with van der Waals surface area (Å²) in [6.45, 7) is 0.518. The van der Waals surface area contributed by atoms with Crippen molar-refractivity contribution in [3.63, 3.8) is 0 Å². The zero-order valence-electron chi connectivity index (χ0n) is 15.6. The molecule has 0 aliphatic heterocycles. The Kier molecular flexibility index (Phi) is 5.83. The number of esters is 1. The van der Waals surface area contributed by atoms with Crippen LogP contribution >= 0.6 is 27.3 Å². The average Bonchev–Trinajstić information content (AvgIpc) is 3.07. The van der Waals surface area contributed by atoms with E-state index in [4.69, 9.17) is 14.2 Å². The number of rotatable bonds is 6. The van der Waals surface area contributed by atoms with E-state index in [1.165, 1.54) is 18.4 Å². The third kappa shape index (κ3) is 4.44. The Morgan fingerprint density at radius 2 is 1.69 bits per heavy atom. The number of ether oxygens (including phenoxy) is 3. The van der Waals surface area contributed by atoms with Crippen molar-refractivity contribution in [3.05, 3.63) is 87.7 Å². The number of carbonyl (C=O) groups is 1. The summed E-state index contributed by atoms with van der Waals surface area (Å²) < 4.78 is 18.5. The van der Waals surface area contributed by atoms with Crippen molar-refractivity contribution in [2.75, 3.05) is 7.11 Å². The first kappa shape index (κ1) is 19.5. The molecule has 4 nitrogen and oxygen atoms in total. The molecular formula is C23H17BrO4S. The zero-order chi connectivity index (χ0) is 20.2. The van der Waals surface area contributed by atoms with Crippen LogP contribution in [-0.4, -0.2) is 13.1 Å². The van der Waals surface area contributed by atoms with Gasteiger partial charge in [0.1, 0.15) is 21.9 Å². The van der Waals surface area contributed by atoms with Gasteiger partial charge in [-0.25, -0.2) is 4.79 Å². The zero-order valence-corrected chi connectivity index (χ0v) is 18.0. The minimum Gasteiger partial charge on any atom is -0.489 e. The van der Waals surface area contributed by atoms with Gasteiger partial charge in [-0.05, 0) is 64.0 Å². The van der Waals surface area contributed by atoms with E-state index in [-0.39, 0.29) is 5.97 Å². The molecule has 1 aromatic heterocycles. The van der Waals surface area contributed by atoms with E-state index in [0.29, 0.717) is 17.9 Å². The monoisotopic (exact) mass is 468 g/mol. The Morgan fingerprint density at radius 3 is 2.41 bits per heavy atom. The summed E-state index contributed by atoms with van der Waals surface area (Å²) in [7, 11) is 1.37. The molecule has 0 aliphatic carbocycles. The van der Waals surface area contributed by atoms with Gasteiger partial charge >= 0.3 is 5.97 Å². The van der Waals surface area contributed by atoms with Crippen molar-refractivity contribution in [2.24, 2.45) is 0 Å². The Morgan fingerprint density at radius 1 is 0.966 bits per heavy atom. The number of hydrogen-bond acceptors (Lipinski definition) is 5. The molecule has 29 heavy (non-hydrogen) atoms. The van der Waals surface area contributed by atoms with E-state index in [1.54, 1.807) is 6.07 Å². The molecular weight excluding hydrogens is 452 g/mol. The summed E-state index contributed by atoms with van der Waals surface area (Å²) in [5, 5.41) is 0.930. The normalized spacial score (nSPS) is 10.7. The van der Waals surface area contributed by atoms with Gasteiger partial charge in [-0.1, -0.05) is 30.3 Å². The maximum atomic E-state index is 11.7. The van der Waals surface area contributed by atoms with Gasteiger partial charge in [-0.3, -0.25) is 0 Å². The number of thiophene rings is 1. The fraction of sp³-hybridized carbons (Fsp3) is 0.0870. The lowest BCUT2D eigenvalue weighted by Gasteiger charge is -2.09. The Balaban J connectivity index is 1.49. The largest absolute Gasteiger partial charge is 0.489 e. The highest BCUT2D eigenvalue weighted by molar-refractivity contribution is 9.11. The van der Waals surface area contributed by atoms with E-state index in [9.17, 15) is 4.79 Å². The molecule has 3 aromatic carbocycles. The molecule has 0 spiro atoms. The number of fused-ring (bicyclic) bond motifs is 1. The summed E-state index contributed by atoms with van der Waals surface area (Å²) in [4.78, 5) is 11.7. The third-order valence-corrected chi connectivity index (χ3v) is 6.09. The topological polar surface area (TPSA) is 44.8 Å². The highest BCUT2D eigenvalue weighted by Crippen LogP contribution is 2.44. The van der Waals surface area contributed by atoms with Crippen LogP contribution in [0.2, 0.25) is 0 Å². The molecule has 0 amide bonds. The molecule has 0 unspecified atom stereocenters. The van der Waals surface area contributed by atoms with Crippen LogP contribution in [0.4, 0.5) is 0 Å². The average molecular weight is 469 g/mol. The highest BCUT2D eigenvalue weighted by Gasteiger charge is 2.15. The van der Waals surface area contributed by atoms with Gasteiger partial charge in [0.05, 0.1) is 12.7 Å². The van der Waals surface area contributed by atoms with Gasteiger partial charge in [-0.15, -0.1) is 11.3 Å². The van der Waals surface area contributed by atoms with Gasteiger partial charge in [0.15, 0.2) is 5.75 Å². The first-order valence-electron chi connectivity index (χ1n) is 8.89. The lowest BCUT2D eigenvalue weighted by atomic mass is 10.2. The third-order valence-electron chi connectivity index (χ3n) is 4.32. The van der Waals surface area contributed by atoms with Gasteiger partial charge in [0.2, 0.25) is 0 Å². The lowest BCUT2D eigenvalue weighted by molar-refractivity contribution is 0.0601. The highest BCUT2D eigenvalue weighted by atomic mass is 79.9. The van der Waals surface area contributed by atoms with Crippen LogP contribution in [0.5, 0.6) is 17.2 Å². The number of benzene rings is 3. The smallest absolute Gasteiger partial charge is 0.337 e. The number of methoxy groups -OCH3 is 1. The molecule has 0 saturated carbocycles. The quantitative estimate of drug-likeness (QED) is 0.291. The minimum absolute atomic E-state index is 0.356. The van der Waals surface area contributed by atoms with Crippen LogP contribution < -0.4 is 9.47 Å². The first-order valence-corrected chi connectivity index (χ1v) is 10.5. The molecule has 0 atom stereocenters. The molecule has 4 aromatic rings. The van der Waals surface area contributed by atoms with Crippen molar-refractivity contribution in [2.45, 2.75) is 6.61 Å².